The van der Waals surface area contributed by atoms with E-state index in [-0.39, 0.29) is 0 Å². The maximum atomic E-state index is 10.00. The molecule has 60 valence electrons. The van der Waals surface area contributed by atoms with E-state index in [4.69, 9.17) is 5.11 Å². The number of hydrogen-bond acceptors (Lipinski definition) is 2. The van der Waals surface area contributed by atoms with Crippen molar-refractivity contribution in [3.63, 3.8) is 0 Å². The van der Waals surface area contributed by atoms with Crippen molar-refractivity contribution in [2.45, 2.75) is 19.8 Å². The summed E-state index contributed by atoms with van der Waals surface area (Å²) in [6.45, 7) is 2.00. The van der Waals surface area contributed by atoms with Crippen molar-refractivity contribution in [3.8, 4) is 0 Å². The van der Waals surface area contributed by atoms with Gasteiger partial charge in [-0.05, 0) is 25.8 Å². The minimum atomic E-state index is -1.12. The van der Waals surface area contributed by atoms with Crippen molar-refractivity contribution < 1.29 is 9.90 Å². The van der Waals surface area contributed by atoms with Crippen LogP contribution >= 0.6 is 0 Å². The highest BCUT2D eigenvalue weighted by molar-refractivity contribution is 5.98. The van der Waals surface area contributed by atoms with Gasteiger partial charge in [-0.1, -0.05) is 5.57 Å². The number of allylic oxidation sites excluding steroid dienone is 2. The number of hydrogen-bond donors (Lipinski definition) is 2. The fourth-order valence-corrected chi connectivity index (χ4v) is 0.962. The first-order valence-electron chi connectivity index (χ1n) is 3.41. The van der Waals surface area contributed by atoms with E-state index in [0.29, 0.717) is 0 Å². The molecule has 0 spiro atoms. The third kappa shape index (κ3) is 2.41. The van der Waals surface area contributed by atoms with Gasteiger partial charge in [0.1, 0.15) is 0 Å². The first-order chi connectivity index (χ1) is 5.18. The third-order valence-electron chi connectivity index (χ3n) is 1.48. The molecule has 0 radical (unpaired) electrons. The molecule has 4 heteroatoms. The Morgan fingerprint density at radius 1 is 1.73 bits per heavy atom. The van der Waals surface area contributed by atoms with Gasteiger partial charge in [-0.25, -0.2) is 10.2 Å². The molecule has 0 aliphatic heterocycles. The summed E-state index contributed by atoms with van der Waals surface area (Å²) in [4.78, 5) is 10.00. The summed E-state index contributed by atoms with van der Waals surface area (Å²) in [5, 5.41) is 11.9. The van der Waals surface area contributed by atoms with E-state index in [0.717, 1.165) is 18.6 Å². The highest BCUT2D eigenvalue weighted by atomic mass is 16.4. The van der Waals surface area contributed by atoms with Crippen molar-refractivity contribution in [2.75, 3.05) is 0 Å². The molecule has 0 aromatic heterocycles. The molecule has 0 aromatic rings. The molecule has 4 nitrogen and oxygen atoms in total. The van der Waals surface area contributed by atoms with Crippen LogP contribution in [0.1, 0.15) is 19.8 Å². The van der Waals surface area contributed by atoms with Gasteiger partial charge in [-0.3, -0.25) is 0 Å². The van der Waals surface area contributed by atoms with Gasteiger partial charge in [0.15, 0.2) is 0 Å². The number of nitrogens with one attached hydrogen (secondary N) is 1. The minimum Gasteiger partial charge on any atom is -0.464 e. The monoisotopic (exact) mass is 154 g/mol. The smallest absolute Gasteiger partial charge is 0.425 e. The lowest BCUT2D eigenvalue weighted by Gasteiger charge is -1.91. The summed E-state index contributed by atoms with van der Waals surface area (Å²) in [6, 6.07) is 0. The van der Waals surface area contributed by atoms with E-state index < -0.39 is 6.09 Å². The van der Waals surface area contributed by atoms with Gasteiger partial charge in [0.25, 0.3) is 0 Å². The van der Waals surface area contributed by atoms with Crippen LogP contribution in [0.4, 0.5) is 4.79 Å². The number of nitrogens with zero attached hydrogens (tertiary/aromatic N) is 1. The Morgan fingerprint density at radius 3 is 2.91 bits per heavy atom. The van der Waals surface area contributed by atoms with Gasteiger partial charge in [-0.15, -0.1) is 0 Å². The van der Waals surface area contributed by atoms with Crippen LogP contribution in [-0.4, -0.2) is 16.9 Å². The van der Waals surface area contributed by atoms with E-state index >= 15 is 0 Å². The Kier molecular flexibility index (Phi) is 2.25. The fraction of sp³-hybridized carbons (Fsp3) is 0.429. The van der Waals surface area contributed by atoms with Crippen LogP contribution in [0.15, 0.2) is 16.8 Å². The molecule has 1 rings (SSSR count). The van der Waals surface area contributed by atoms with Gasteiger partial charge in [0.05, 0.1) is 5.71 Å². The number of rotatable bonds is 1. The molecule has 0 fully saturated rings. The van der Waals surface area contributed by atoms with E-state index in [1.54, 1.807) is 0 Å². The molecule has 0 bridgehead atoms. The molecule has 0 heterocycles. The van der Waals surface area contributed by atoms with Crippen LogP contribution < -0.4 is 5.43 Å². The van der Waals surface area contributed by atoms with Crippen LogP contribution in [0.25, 0.3) is 0 Å². The van der Waals surface area contributed by atoms with Gasteiger partial charge >= 0.3 is 6.09 Å². The molecule has 0 atom stereocenters. The standard InChI is InChI=1S/C7H10N2O2/c1-5-2-3-6(4-5)8-9-7(10)11/h4,9H,2-3H2,1H3,(H,10,11). The van der Waals surface area contributed by atoms with Crippen LogP contribution in [0, 0.1) is 0 Å². The molecule has 1 aliphatic carbocycles. The third-order valence-corrected chi connectivity index (χ3v) is 1.48. The lowest BCUT2D eigenvalue weighted by atomic mass is 10.3. The predicted octanol–water partition coefficient (Wildman–Crippen LogP) is 1.35. The molecule has 1 amide bonds. The highest BCUT2D eigenvalue weighted by Gasteiger charge is 2.06. The first-order valence-corrected chi connectivity index (χ1v) is 3.41. The van der Waals surface area contributed by atoms with Gasteiger partial charge < -0.3 is 5.11 Å². The van der Waals surface area contributed by atoms with E-state index in [1.807, 2.05) is 18.4 Å². The van der Waals surface area contributed by atoms with Crippen LogP contribution in [0.3, 0.4) is 0 Å². The molecular formula is C7H10N2O2. The summed E-state index contributed by atoms with van der Waals surface area (Å²) < 4.78 is 0. The van der Waals surface area contributed by atoms with Crippen molar-refractivity contribution in [3.05, 3.63) is 11.6 Å². The molecule has 1 aliphatic rings. The quantitative estimate of drug-likeness (QED) is 0.560. The summed E-state index contributed by atoms with van der Waals surface area (Å²) in [5.74, 6) is 0. The van der Waals surface area contributed by atoms with Crippen molar-refractivity contribution in [2.24, 2.45) is 5.10 Å². The fourth-order valence-electron chi connectivity index (χ4n) is 0.962. The second-order valence-electron chi connectivity index (χ2n) is 2.51. The number of hydrazone groups is 1. The van der Waals surface area contributed by atoms with Crippen LogP contribution in [0.2, 0.25) is 0 Å². The Balaban J connectivity index is 2.49. The van der Waals surface area contributed by atoms with E-state index in [9.17, 15) is 4.79 Å². The zero-order chi connectivity index (χ0) is 8.27. The van der Waals surface area contributed by atoms with Crippen molar-refractivity contribution in [1.29, 1.82) is 0 Å². The summed E-state index contributed by atoms with van der Waals surface area (Å²) in [5.41, 5.74) is 4.02. The van der Waals surface area contributed by atoms with Crippen LogP contribution in [0.5, 0.6) is 0 Å². The zero-order valence-electron chi connectivity index (χ0n) is 6.29. The number of carboxylic acid groups (broad SMARTS) is 1. The summed E-state index contributed by atoms with van der Waals surface area (Å²) in [6.07, 6.45) is 2.61. The predicted molar refractivity (Wildman–Crippen MR) is 41.6 cm³/mol. The topological polar surface area (TPSA) is 61.7 Å². The Hall–Kier alpha value is -1.32. The minimum absolute atomic E-state index is 0.810. The highest BCUT2D eigenvalue weighted by Crippen LogP contribution is 2.13. The molecule has 0 unspecified atom stereocenters. The average Bonchev–Trinajstić information content (AvgIpc) is 2.31. The van der Waals surface area contributed by atoms with Crippen molar-refractivity contribution >= 4 is 11.8 Å². The molecular weight excluding hydrogens is 144 g/mol. The summed E-state index contributed by atoms with van der Waals surface area (Å²) >= 11 is 0. The molecule has 0 aromatic carbocycles. The maximum absolute atomic E-state index is 10.00. The van der Waals surface area contributed by atoms with E-state index in [2.05, 4.69) is 5.10 Å². The SMILES string of the molecule is CC1=CC(=NNC(=O)O)CC1. The van der Waals surface area contributed by atoms with Gasteiger partial charge in [0, 0.05) is 0 Å². The van der Waals surface area contributed by atoms with Crippen LogP contribution in [-0.2, 0) is 0 Å². The van der Waals surface area contributed by atoms with Gasteiger partial charge in [-0.2, -0.15) is 5.10 Å². The summed E-state index contributed by atoms with van der Waals surface area (Å²) in [7, 11) is 0. The first kappa shape index (κ1) is 7.78. The van der Waals surface area contributed by atoms with E-state index in [1.165, 1.54) is 5.57 Å². The lowest BCUT2D eigenvalue weighted by Crippen LogP contribution is -2.15. The lowest BCUT2D eigenvalue weighted by molar-refractivity contribution is 0.195. The second-order valence-corrected chi connectivity index (χ2v) is 2.51. The average molecular weight is 154 g/mol. The number of carbonyl (C=O) groups is 1. The normalized spacial score (nSPS) is 20.1. The number of amides is 1. The Labute approximate surface area is 64.6 Å². The Bertz CT molecular complexity index is 231. The van der Waals surface area contributed by atoms with Gasteiger partial charge in [0.2, 0.25) is 0 Å². The maximum Gasteiger partial charge on any atom is 0.425 e. The largest absolute Gasteiger partial charge is 0.464 e. The molecule has 11 heavy (non-hydrogen) atoms. The Morgan fingerprint density at radius 2 is 2.45 bits per heavy atom. The molecule has 0 saturated carbocycles. The van der Waals surface area contributed by atoms with Crippen molar-refractivity contribution in [1.82, 2.24) is 5.43 Å². The molecule has 0 saturated heterocycles. The zero-order valence-corrected chi connectivity index (χ0v) is 6.29. The molecule has 2 N–H and O–H groups in total. The second kappa shape index (κ2) is 3.18.